The van der Waals surface area contributed by atoms with Crippen LogP contribution in [0.3, 0.4) is 0 Å². The fraction of sp³-hybridized carbons (Fsp3) is 0.0769. The Labute approximate surface area is 90.9 Å². The summed E-state index contributed by atoms with van der Waals surface area (Å²) in [6.45, 7) is 2.14. The van der Waals surface area contributed by atoms with Gasteiger partial charge in [0.1, 0.15) is 11.5 Å². The first-order valence-corrected chi connectivity index (χ1v) is 5.98. The molecule has 0 radical (unpaired) electrons. The Morgan fingerprint density at radius 1 is 0.933 bits per heavy atom. The Morgan fingerprint density at radius 3 is 2.67 bits per heavy atom. The van der Waals surface area contributed by atoms with Crippen LogP contribution in [-0.4, -0.2) is 0 Å². The van der Waals surface area contributed by atoms with E-state index >= 15 is 0 Å². The summed E-state index contributed by atoms with van der Waals surface area (Å²) < 4.78 is 5.87. The molecule has 0 spiro atoms. The number of benzene rings is 2. The van der Waals surface area contributed by atoms with Crippen LogP contribution in [0.2, 0.25) is 0 Å². The molecule has 0 fully saturated rings. The van der Waals surface area contributed by atoms with Gasteiger partial charge in [-0.25, -0.2) is 0 Å². The smallest absolute Gasteiger partial charge is 0.135 e. The molecule has 2 aromatic carbocycles. The number of para-hydroxylation sites is 1. The first kappa shape index (κ1) is 8.94. The molecule has 0 bridgehead atoms. The number of aryl methyl sites for hydroxylation is 1. The molecule has 2 aromatic rings. The highest BCUT2D eigenvalue weighted by Crippen LogP contribution is 2.33. The summed E-state index contributed by atoms with van der Waals surface area (Å²) in [7, 11) is 0.718. The second-order valence-electron chi connectivity index (χ2n) is 3.67. The van der Waals surface area contributed by atoms with Crippen molar-refractivity contribution in [1.29, 1.82) is 0 Å². The molecule has 0 aromatic heterocycles. The lowest BCUT2D eigenvalue weighted by atomic mass is 10.2. The van der Waals surface area contributed by atoms with E-state index in [1.807, 2.05) is 24.3 Å². The normalized spacial score (nSPS) is 14.2. The van der Waals surface area contributed by atoms with Crippen LogP contribution < -0.4 is 15.3 Å². The summed E-state index contributed by atoms with van der Waals surface area (Å²) in [5, 5.41) is 2.65. The highest BCUT2D eigenvalue weighted by molar-refractivity contribution is 7.56. The quantitative estimate of drug-likeness (QED) is 0.523. The lowest BCUT2D eigenvalue weighted by molar-refractivity contribution is 0.488. The largest absolute Gasteiger partial charge is 0.456 e. The van der Waals surface area contributed by atoms with Gasteiger partial charge in [-0.3, -0.25) is 0 Å². The molecule has 15 heavy (non-hydrogen) atoms. The molecule has 0 amide bonds. The van der Waals surface area contributed by atoms with Crippen molar-refractivity contribution < 1.29 is 4.74 Å². The summed E-state index contributed by atoms with van der Waals surface area (Å²) in [6.07, 6.45) is 0. The van der Waals surface area contributed by atoms with Crippen LogP contribution in [0.5, 0.6) is 11.5 Å². The van der Waals surface area contributed by atoms with Gasteiger partial charge in [-0.05, 0) is 24.6 Å². The van der Waals surface area contributed by atoms with Crippen molar-refractivity contribution in [3.63, 3.8) is 0 Å². The Morgan fingerprint density at radius 2 is 1.73 bits per heavy atom. The number of hydrogen-bond acceptors (Lipinski definition) is 1. The summed E-state index contributed by atoms with van der Waals surface area (Å²) in [5.74, 6) is 2.03. The van der Waals surface area contributed by atoms with E-state index in [2.05, 4.69) is 25.1 Å². The molecule has 0 saturated heterocycles. The first-order valence-electron chi connectivity index (χ1n) is 4.98. The number of fused-ring (bicyclic) bond motifs is 2. The molecule has 1 aliphatic heterocycles. The third kappa shape index (κ3) is 1.44. The fourth-order valence-electron chi connectivity index (χ4n) is 1.80. The van der Waals surface area contributed by atoms with Gasteiger partial charge in [-0.15, -0.1) is 0 Å². The summed E-state index contributed by atoms with van der Waals surface area (Å²) in [4.78, 5) is 0. The SMILES string of the molecule is Cc1cccc2c1Pc1ccccc1O2. The van der Waals surface area contributed by atoms with E-state index in [9.17, 15) is 0 Å². The Hall–Kier alpha value is -1.33. The van der Waals surface area contributed by atoms with Gasteiger partial charge in [0.05, 0.1) is 0 Å². The average molecular weight is 214 g/mol. The summed E-state index contributed by atoms with van der Waals surface area (Å²) in [6, 6.07) is 14.5. The van der Waals surface area contributed by atoms with Gasteiger partial charge in [-0.2, -0.15) is 0 Å². The van der Waals surface area contributed by atoms with Crippen LogP contribution in [0.4, 0.5) is 0 Å². The van der Waals surface area contributed by atoms with Crippen molar-refractivity contribution in [1.82, 2.24) is 0 Å². The molecule has 1 nitrogen and oxygen atoms in total. The second-order valence-corrected chi connectivity index (χ2v) is 4.96. The Balaban J connectivity index is 2.15. The van der Waals surface area contributed by atoms with Crippen LogP contribution in [0, 0.1) is 6.92 Å². The van der Waals surface area contributed by atoms with Crippen molar-refractivity contribution in [2.75, 3.05) is 0 Å². The van der Waals surface area contributed by atoms with Crippen LogP contribution in [0.15, 0.2) is 42.5 Å². The Kier molecular flexibility index (Phi) is 2.00. The zero-order chi connectivity index (χ0) is 10.3. The lowest BCUT2D eigenvalue weighted by Crippen LogP contribution is -2.16. The van der Waals surface area contributed by atoms with Gasteiger partial charge in [-0.1, -0.05) is 38.9 Å². The average Bonchev–Trinajstić information content (AvgIpc) is 2.27. The monoisotopic (exact) mass is 214 g/mol. The standard InChI is InChI=1S/C13H11OP/c1-9-5-4-7-11-13(9)15-12-8-3-2-6-10(12)14-11/h2-8,15H,1H3. The molecule has 0 aliphatic carbocycles. The first-order chi connectivity index (χ1) is 7.34. The van der Waals surface area contributed by atoms with E-state index in [0.717, 1.165) is 20.1 Å². The maximum absolute atomic E-state index is 5.87. The van der Waals surface area contributed by atoms with Crippen molar-refractivity contribution >= 4 is 19.2 Å². The van der Waals surface area contributed by atoms with Gasteiger partial charge in [0.15, 0.2) is 0 Å². The Bertz CT molecular complexity index is 520. The van der Waals surface area contributed by atoms with Gasteiger partial charge < -0.3 is 4.74 Å². The molecule has 1 atom stereocenters. The molecular weight excluding hydrogens is 203 g/mol. The second kappa shape index (κ2) is 3.36. The minimum Gasteiger partial charge on any atom is -0.456 e. The van der Waals surface area contributed by atoms with Crippen molar-refractivity contribution in [3.05, 3.63) is 48.0 Å². The minimum atomic E-state index is 0.718. The van der Waals surface area contributed by atoms with E-state index in [-0.39, 0.29) is 0 Å². The molecule has 3 rings (SSSR count). The molecule has 1 unspecified atom stereocenters. The van der Waals surface area contributed by atoms with Gasteiger partial charge in [0.2, 0.25) is 0 Å². The third-order valence-electron chi connectivity index (χ3n) is 2.60. The van der Waals surface area contributed by atoms with E-state index in [0.29, 0.717) is 0 Å². The molecule has 0 N–H and O–H groups in total. The van der Waals surface area contributed by atoms with E-state index < -0.39 is 0 Å². The van der Waals surface area contributed by atoms with E-state index in [1.165, 1.54) is 16.2 Å². The predicted molar refractivity (Wildman–Crippen MR) is 65.3 cm³/mol. The highest BCUT2D eigenvalue weighted by atomic mass is 31.1. The molecular formula is C13H11OP. The summed E-state index contributed by atoms with van der Waals surface area (Å²) in [5.41, 5.74) is 1.32. The van der Waals surface area contributed by atoms with Crippen LogP contribution in [0.25, 0.3) is 0 Å². The topological polar surface area (TPSA) is 9.23 Å². The predicted octanol–water partition coefficient (Wildman–Crippen LogP) is 2.73. The number of hydrogen-bond donors (Lipinski definition) is 0. The van der Waals surface area contributed by atoms with Crippen LogP contribution in [-0.2, 0) is 0 Å². The van der Waals surface area contributed by atoms with Gasteiger partial charge in [0, 0.05) is 10.6 Å². The number of ether oxygens (including phenoxy) is 1. The molecule has 74 valence electrons. The van der Waals surface area contributed by atoms with Gasteiger partial charge in [0.25, 0.3) is 0 Å². The van der Waals surface area contributed by atoms with Crippen LogP contribution >= 0.6 is 8.58 Å². The highest BCUT2D eigenvalue weighted by Gasteiger charge is 2.17. The maximum atomic E-state index is 5.87. The molecule has 1 aliphatic rings. The zero-order valence-corrected chi connectivity index (χ0v) is 9.45. The maximum Gasteiger partial charge on any atom is 0.135 e. The van der Waals surface area contributed by atoms with Crippen LogP contribution in [0.1, 0.15) is 5.56 Å². The fourth-order valence-corrected chi connectivity index (χ4v) is 3.04. The van der Waals surface area contributed by atoms with E-state index in [1.54, 1.807) is 0 Å². The van der Waals surface area contributed by atoms with Gasteiger partial charge >= 0.3 is 0 Å². The molecule has 1 heterocycles. The summed E-state index contributed by atoms with van der Waals surface area (Å²) >= 11 is 0. The third-order valence-corrected chi connectivity index (χ3v) is 4.17. The molecule has 0 saturated carbocycles. The number of rotatable bonds is 0. The molecule has 2 heteroatoms. The van der Waals surface area contributed by atoms with Crippen molar-refractivity contribution in [2.45, 2.75) is 6.92 Å². The van der Waals surface area contributed by atoms with Crippen molar-refractivity contribution in [2.24, 2.45) is 0 Å². The lowest BCUT2D eigenvalue weighted by Gasteiger charge is -2.21. The van der Waals surface area contributed by atoms with Crippen molar-refractivity contribution in [3.8, 4) is 11.5 Å². The minimum absolute atomic E-state index is 0.718. The van der Waals surface area contributed by atoms with E-state index in [4.69, 9.17) is 4.74 Å². The zero-order valence-electron chi connectivity index (χ0n) is 8.45.